The minimum Gasteiger partial charge on any atom is -0.479 e. The Morgan fingerprint density at radius 3 is 2.42 bits per heavy atom. The lowest BCUT2D eigenvalue weighted by molar-refractivity contribution is -0.251. The molecule has 14 heteroatoms. The van der Waals surface area contributed by atoms with Crippen molar-refractivity contribution in [3.8, 4) is 12.3 Å². The Labute approximate surface area is 255 Å². The quantitative estimate of drug-likeness (QED) is 0.0739. The number of nitrogens with one attached hydrogen (secondary N) is 2. The van der Waals surface area contributed by atoms with Crippen molar-refractivity contribution < 1.29 is 54.5 Å². The van der Waals surface area contributed by atoms with E-state index in [1.54, 1.807) is 24.3 Å². The summed E-state index contributed by atoms with van der Waals surface area (Å²) in [7, 11) is 0. The predicted octanol–water partition coefficient (Wildman–Crippen LogP) is -0.868. The molecule has 0 spiro atoms. The van der Waals surface area contributed by atoms with Crippen LogP contribution in [-0.2, 0) is 30.3 Å². The van der Waals surface area contributed by atoms with Gasteiger partial charge in [0.25, 0.3) is 0 Å². The van der Waals surface area contributed by atoms with E-state index in [-0.39, 0.29) is 19.4 Å². The number of carboxylic acid groups (broad SMARTS) is 1. The largest absolute Gasteiger partial charge is 0.479 e. The number of carbonyl (C=O) groups is 3. The fourth-order valence-electron chi connectivity index (χ4n) is 4.88. The topological polar surface area (TPSA) is 215 Å². The maximum absolute atomic E-state index is 12.5. The SMILES string of the molecule is C#CCOCCCCCCC(O)[C@]1(C(=O)O)C[C@H](O)[C@@H](NC(=O)CO)[C@H]([C@H](O)[C@H](O)CNC(=O)Cc2ccc(Cl)cc2)O1. The Hall–Kier alpha value is -2.80. The van der Waals surface area contributed by atoms with Gasteiger partial charge >= 0.3 is 5.97 Å². The zero-order valence-corrected chi connectivity index (χ0v) is 24.5. The van der Waals surface area contributed by atoms with Gasteiger partial charge in [-0.3, -0.25) is 9.59 Å². The molecule has 8 N–H and O–H groups in total. The summed E-state index contributed by atoms with van der Waals surface area (Å²) in [6.45, 7) is -0.796. The van der Waals surface area contributed by atoms with E-state index in [1.165, 1.54) is 0 Å². The van der Waals surface area contributed by atoms with Crippen LogP contribution in [0.1, 0.15) is 44.1 Å². The van der Waals surface area contributed by atoms with Crippen LogP contribution in [-0.4, -0.2) is 117 Å². The molecule has 0 radical (unpaired) electrons. The average Bonchev–Trinajstić information content (AvgIpc) is 2.98. The molecule has 1 aromatic carbocycles. The van der Waals surface area contributed by atoms with Crippen molar-refractivity contribution in [2.24, 2.45) is 0 Å². The van der Waals surface area contributed by atoms with Gasteiger partial charge in [0.1, 0.15) is 25.4 Å². The first-order chi connectivity index (χ1) is 20.4. The normalized spacial score (nSPS) is 23.9. The molecule has 0 bridgehead atoms. The lowest BCUT2D eigenvalue weighted by Gasteiger charge is -2.48. The predicted molar refractivity (Wildman–Crippen MR) is 154 cm³/mol. The highest BCUT2D eigenvalue weighted by atomic mass is 35.5. The maximum Gasteiger partial charge on any atom is 0.338 e. The van der Waals surface area contributed by atoms with Gasteiger partial charge in [-0.25, -0.2) is 4.79 Å². The molecule has 1 unspecified atom stereocenters. The minimum absolute atomic E-state index is 0.0238. The molecule has 1 aliphatic rings. The summed E-state index contributed by atoms with van der Waals surface area (Å²) in [4.78, 5) is 36.8. The van der Waals surface area contributed by atoms with E-state index in [0.29, 0.717) is 36.5 Å². The van der Waals surface area contributed by atoms with Gasteiger partial charge in [-0.1, -0.05) is 48.9 Å². The van der Waals surface area contributed by atoms with Gasteiger partial charge in [0.15, 0.2) is 5.60 Å². The van der Waals surface area contributed by atoms with E-state index in [1.807, 2.05) is 0 Å². The van der Waals surface area contributed by atoms with E-state index in [9.17, 15) is 45.0 Å². The molecule has 1 aliphatic heterocycles. The molecule has 0 saturated carbocycles. The molecule has 1 aromatic rings. The number of terminal acetylenes is 1. The summed E-state index contributed by atoms with van der Waals surface area (Å²) in [6, 6.07) is 5.04. The number of aliphatic carboxylic acids is 1. The lowest BCUT2D eigenvalue weighted by atomic mass is 9.79. The summed E-state index contributed by atoms with van der Waals surface area (Å²) in [5.41, 5.74) is -1.75. The van der Waals surface area contributed by atoms with Crippen LogP contribution < -0.4 is 10.6 Å². The minimum atomic E-state index is -2.39. The molecule has 7 atom stereocenters. The molecular weight excluding hydrogens is 588 g/mol. The Kier molecular flexibility index (Phi) is 15.3. The Bertz CT molecular complexity index is 1080. The van der Waals surface area contributed by atoms with Gasteiger partial charge in [0, 0.05) is 24.6 Å². The van der Waals surface area contributed by atoms with Crippen molar-refractivity contribution in [2.75, 3.05) is 26.4 Å². The number of unbranched alkanes of at least 4 members (excludes halogenated alkanes) is 3. The second-order valence-corrected chi connectivity index (χ2v) is 10.9. The van der Waals surface area contributed by atoms with E-state index in [2.05, 4.69) is 16.6 Å². The molecule has 0 aromatic heterocycles. The van der Waals surface area contributed by atoms with E-state index in [4.69, 9.17) is 27.5 Å². The third kappa shape index (κ3) is 11.0. The third-order valence-corrected chi connectivity index (χ3v) is 7.47. The number of hydrogen-bond acceptors (Lipinski definition) is 10. The van der Waals surface area contributed by atoms with Crippen LogP contribution in [0.25, 0.3) is 0 Å². The van der Waals surface area contributed by atoms with Crippen LogP contribution in [0.5, 0.6) is 0 Å². The van der Waals surface area contributed by atoms with Crippen molar-refractivity contribution in [1.82, 2.24) is 10.6 Å². The van der Waals surface area contributed by atoms with E-state index in [0.717, 1.165) is 6.42 Å². The number of halogens is 1. The van der Waals surface area contributed by atoms with Crippen molar-refractivity contribution in [1.29, 1.82) is 0 Å². The molecule has 1 saturated heterocycles. The van der Waals surface area contributed by atoms with Gasteiger partial charge in [-0.15, -0.1) is 6.42 Å². The molecular formula is C29H41ClN2O11. The van der Waals surface area contributed by atoms with Gasteiger partial charge < -0.3 is 50.7 Å². The zero-order chi connectivity index (χ0) is 32.0. The highest BCUT2D eigenvalue weighted by Gasteiger charge is 2.57. The molecule has 2 rings (SSSR count). The monoisotopic (exact) mass is 628 g/mol. The molecule has 0 aliphatic carbocycles. The summed E-state index contributed by atoms with van der Waals surface area (Å²) in [5.74, 6) is -0.706. The van der Waals surface area contributed by atoms with Crippen molar-refractivity contribution >= 4 is 29.4 Å². The number of carbonyl (C=O) groups excluding carboxylic acids is 2. The standard InChI is InChI=1S/C29H41ClN2O11/c1-2-12-42-13-6-4-3-5-7-22(36)29(28(40)41)15-20(34)25(32-24(38)17-33)27(43-29)26(39)21(35)16-31-23(37)14-18-8-10-19(30)11-9-18/h1,8-11,20-22,25-27,33-36,39H,3-7,12-17H2,(H,31,37)(H,32,38)(H,40,41)/t20-,21+,22?,25+,26+,27+,29-/m0/s1. The first kappa shape index (κ1) is 36.4. The zero-order valence-electron chi connectivity index (χ0n) is 23.7. The fraction of sp³-hybridized carbons (Fsp3) is 0.621. The van der Waals surface area contributed by atoms with Gasteiger partial charge in [0.05, 0.1) is 30.8 Å². The van der Waals surface area contributed by atoms with Gasteiger partial charge in [-0.05, 0) is 30.5 Å². The number of benzene rings is 1. The van der Waals surface area contributed by atoms with Crippen LogP contribution in [0.3, 0.4) is 0 Å². The van der Waals surface area contributed by atoms with Crippen LogP contribution in [0.4, 0.5) is 0 Å². The van der Waals surface area contributed by atoms with Crippen molar-refractivity contribution in [3.63, 3.8) is 0 Å². The molecule has 2 amide bonds. The first-order valence-corrected chi connectivity index (χ1v) is 14.4. The number of aliphatic hydroxyl groups is 5. The van der Waals surface area contributed by atoms with Crippen LogP contribution in [0.15, 0.2) is 24.3 Å². The van der Waals surface area contributed by atoms with Crippen LogP contribution in [0, 0.1) is 12.3 Å². The smallest absolute Gasteiger partial charge is 0.338 e. The Balaban J connectivity index is 2.11. The number of aliphatic hydroxyl groups excluding tert-OH is 5. The summed E-state index contributed by atoms with van der Waals surface area (Å²) < 4.78 is 11.0. The van der Waals surface area contributed by atoms with Crippen LogP contribution in [0.2, 0.25) is 5.02 Å². The Morgan fingerprint density at radius 1 is 1.12 bits per heavy atom. The summed E-state index contributed by atoms with van der Waals surface area (Å²) >= 11 is 5.85. The fourth-order valence-corrected chi connectivity index (χ4v) is 5.00. The number of carboxylic acids is 1. The third-order valence-electron chi connectivity index (χ3n) is 7.22. The molecule has 13 nitrogen and oxygen atoms in total. The van der Waals surface area contributed by atoms with Crippen molar-refractivity contribution in [2.45, 2.75) is 87.1 Å². The van der Waals surface area contributed by atoms with Crippen LogP contribution >= 0.6 is 11.6 Å². The molecule has 1 fully saturated rings. The van der Waals surface area contributed by atoms with E-state index >= 15 is 0 Å². The maximum atomic E-state index is 12.5. The number of hydrogen-bond donors (Lipinski definition) is 8. The van der Waals surface area contributed by atoms with Gasteiger partial charge in [0.2, 0.25) is 11.8 Å². The second kappa shape index (κ2) is 18.1. The number of ether oxygens (including phenoxy) is 2. The van der Waals surface area contributed by atoms with Gasteiger partial charge in [-0.2, -0.15) is 0 Å². The highest BCUT2D eigenvalue weighted by Crippen LogP contribution is 2.36. The Morgan fingerprint density at radius 2 is 1.79 bits per heavy atom. The summed E-state index contributed by atoms with van der Waals surface area (Å²) in [6.07, 6.45) is -1.85. The number of rotatable bonds is 18. The van der Waals surface area contributed by atoms with Crippen molar-refractivity contribution in [3.05, 3.63) is 34.9 Å². The highest BCUT2D eigenvalue weighted by molar-refractivity contribution is 6.30. The van der Waals surface area contributed by atoms with E-state index < -0.39 is 79.5 Å². The average molecular weight is 629 g/mol. The second-order valence-electron chi connectivity index (χ2n) is 10.4. The first-order valence-electron chi connectivity index (χ1n) is 14.0. The molecule has 43 heavy (non-hydrogen) atoms. The summed E-state index contributed by atoms with van der Waals surface area (Å²) in [5, 5.41) is 68.1. The lowest BCUT2D eigenvalue weighted by Crippen LogP contribution is -2.70. The number of amides is 2. The molecule has 1 heterocycles. The molecule has 240 valence electrons.